The zero-order valence-corrected chi connectivity index (χ0v) is 11.6. The Labute approximate surface area is 112 Å². The van der Waals surface area contributed by atoms with Gasteiger partial charge in [-0.05, 0) is 30.7 Å². The maximum absolute atomic E-state index is 12.0. The van der Waals surface area contributed by atoms with Gasteiger partial charge in [0.25, 0.3) is 0 Å². The van der Waals surface area contributed by atoms with Crippen LogP contribution in [0.1, 0.15) is 12.5 Å². The number of rotatable bonds is 4. The van der Waals surface area contributed by atoms with Gasteiger partial charge in [-0.2, -0.15) is 5.10 Å². The fraction of sp³-hybridized carbons (Fsp3) is 0.250. The molecular weight excluding hydrogens is 264 g/mol. The Bertz CT molecular complexity index is 692. The number of benzene rings is 1. The highest BCUT2D eigenvalue weighted by Gasteiger charge is 2.15. The molecule has 3 N–H and O–H groups in total. The lowest BCUT2D eigenvalue weighted by molar-refractivity contribution is 0.584. The summed E-state index contributed by atoms with van der Waals surface area (Å²) in [6.07, 6.45) is 3.47. The van der Waals surface area contributed by atoms with E-state index in [1.165, 1.54) is 12.1 Å². The van der Waals surface area contributed by atoms with Crippen molar-refractivity contribution in [2.24, 2.45) is 0 Å². The molecule has 0 spiro atoms. The van der Waals surface area contributed by atoms with Crippen LogP contribution in [-0.2, 0) is 10.0 Å². The monoisotopic (exact) mass is 280 g/mol. The summed E-state index contributed by atoms with van der Waals surface area (Å²) in [6, 6.07) is 4.56. The fourth-order valence-corrected chi connectivity index (χ4v) is 2.77. The lowest BCUT2D eigenvalue weighted by atomic mass is 10.3. The number of anilines is 1. The van der Waals surface area contributed by atoms with E-state index in [1.54, 1.807) is 30.1 Å². The Morgan fingerprint density at radius 2 is 2.16 bits per heavy atom. The van der Waals surface area contributed by atoms with Crippen LogP contribution in [0.15, 0.2) is 35.5 Å². The molecule has 0 aliphatic carbocycles. The van der Waals surface area contributed by atoms with Crippen LogP contribution in [0.3, 0.4) is 0 Å². The van der Waals surface area contributed by atoms with Gasteiger partial charge in [0.05, 0.1) is 22.5 Å². The topological polar surface area (TPSA) is 90.0 Å². The van der Waals surface area contributed by atoms with Crippen molar-refractivity contribution in [2.45, 2.75) is 18.7 Å². The van der Waals surface area contributed by atoms with E-state index >= 15 is 0 Å². The molecule has 0 amide bonds. The van der Waals surface area contributed by atoms with Gasteiger partial charge in [-0.15, -0.1) is 0 Å². The number of sulfonamides is 1. The van der Waals surface area contributed by atoms with Crippen LogP contribution in [0.5, 0.6) is 0 Å². The minimum absolute atomic E-state index is 0.173. The highest BCUT2D eigenvalue weighted by atomic mass is 32.2. The lowest BCUT2D eigenvalue weighted by Gasteiger charge is -2.09. The Hall–Kier alpha value is -1.86. The Kier molecular flexibility index (Phi) is 3.59. The summed E-state index contributed by atoms with van der Waals surface area (Å²) in [6.45, 7) is 3.97. The maximum Gasteiger partial charge on any atom is 0.240 e. The summed E-state index contributed by atoms with van der Waals surface area (Å²) in [5.41, 5.74) is 7.86. The Balaban J connectivity index is 2.52. The van der Waals surface area contributed by atoms with Crippen molar-refractivity contribution in [1.29, 1.82) is 0 Å². The fourth-order valence-electron chi connectivity index (χ4n) is 1.71. The molecule has 0 atom stereocenters. The molecule has 0 saturated heterocycles. The van der Waals surface area contributed by atoms with Gasteiger partial charge in [-0.1, -0.05) is 6.92 Å². The van der Waals surface area contributed by atoms with Crippen LogP contribution in [-0.4, -0.2) is 24.7 Å². The second kappa shape index (κ2) is 5.02. The Morgan fingerprint density at radius 3 is 2.74 bits per heavy atom. The van der Waals surface area contributed by atoms with Crippen LogP contribution < -0.4 is 10.5 Å². The molecule has 0 aliphatic heterocycles. The van der Waals surface area contributed by atoms with Crippen LogP contribution in [0.25, 0.3) is 5.69 Å². The van der Waals surface area contributed by atoms with E-state index in [-0.39, 0.29) is 4.90 Å². The molecule has 2 rings (SSSR count). The van der Waals surface area contributed by atoms with E-state index < -0.39 is 10.0 Å². The first-order valence-electron chi connectivity index (χ1n) is 5.85. The van der Waals surface area contributed by atoms with E-state index in [0.29, 0.717) is 17.9 Å². The molecule has 2 aromatic rings. The van der Waals surface area contributed by atoms with Crippen LogP contribution in [0.2, 0.25) is 0 Å². The zero-order chi connectivity index (χ0) is 14.0. The number of nitrogens with two attached hydrogens (primary N) is 1. The molecule has 102 valence electrons. The second-order valence-corrected chi connectivity index (χ2v) is 5.95. The number of hydrogen-bond donors (Lipinski definition) is 2. The lowest BCUT2D eigenvalue weighted by Crippen LogP contribution is -2.23. The number of aromatic nitrogens is 2. The molecule has 1 heterocycles. The number of nitrogens with one attached hydrogen (secondary N) is 1. The first-order chi connectivity index (χ1) is 8.94. The summed E-state index contributed by atoms with van der Waals surface area (Å²) >= 11 is 0. The average Bonchev–Trinajstić information content (AvgIpc) is 2.76. The van der Waals surface area contributed by atoms with Crippen molar-refractivity contribution in [3.05, 3.63) is 36.2 Å². The smallest absolute Gasteiger partial charge is 0.240 e. The van der Waals surface area contributed by atoms with Crippen molar-refractivity contribution in [3.8, 4) is 5.69 Å². The molecule has 0 unspecified atom stereocenters. The average molecular weight is 280 g/mol. The van der Waals surface area contributed by atoms with Gasteiger partial charge in [0.2, 0.25) is 10.0 Å². The van der Waals surface area contributed by atoms with Crippen LogP contribution >= 0.6 is 0 Å². The first kappa shape index (κ1) is 13.6. The molecule has 0 radical (unpaired) electrons. The number of hydrogen-bond acceptors (Lipinski definition) is 4. The van der Waals surface area contributed by atoms with Crippen LogP contribution in [0.4, 0.5) is 5.69 Å². The summed E-state index contributed by atoms with van der Waals surface area (Å²) in [5.74, 6) is 0. The molecule has 0 saturated carbocycles. The van der Waals surface area contributed by atoms with Crippen LogP contribution in [0, 0.1) is 6.92 Å². The third-order valence-corrected chi connectivity index (χ3v) is 4.15. The summed E-state index contributed by atoms with van der Waals surface area (Å²) in [4.78, 5) is 0.173. The van der Waals surface area contributed by atoms with Gasteiger partial charge >= 0.3 is 0 Å². The van der Waals surface area contributed by atoms with E-state index in [1.807, 2.05) is 6.92 Å². The van der Waals surface area contributed by atoms with E-state index in [2.05, 4.69) is 9.82 Å². The maximum atomic E-state index is 12.0. The van der Waals surface area contributed by atoms with Gasteiger partial charge in [0.1, 0.15) is 0 Å². The highest BCUT2D eigenvalue weighted by Crippen LogP contribution is 2.21. The zero-order valence-electron chi connectivity index (χ0n) is 10.8. The molecule has 19 heavy (non-hydrogen) atoms. The molecule has 0 bridgehead atoms. The molecule has 0 aliphatic rings. The standard InChI is InChI=1S/C12H16N4O2S/c1-3-15-19(17,18)10-4-5-11(13)12(6-10)16-8-9(2)7-14-16/h4-8,15H,3,13H2,1-2H3. The normalized spacial score (nSPS) is 11.7. The Morgan fingerprint density at radius 1 is 1.42 bits per heavy atom. The second-order valence-electron chi connectivity index (χ2n) is 4.18. The summed E-state index contributed by atoms with van der Waals surface area (Å²) in [7, 11) is -3.50. The molecule has 6 nitrogen and oxygen atoms in total. The summed E-state index contributed by atoms with van der Waals surface area (Å²) in [5, 5.41) is 4.14. The van der Waals surface area contributed by atoms with E-state index in [9.17, 15) is 8.42 Å². The minimum atomic E-state index is -3.50. The first-order valence-corrected chi connectivity index (χ1v) is 7.33. The minimum Gasteiger partial charge on any atom is -0.397 e. The number of nitrogens with zero attached hydrogens (tertiary/aromatic N) is 2. The predicted molar refractivity (Wildman–Crippen MR) is 73.6 cm³/mol. The molecule has 0 fully saturated rings. The van der Waals surface area contributed by atoms with Gasteiger partial charge in [-0.3, -0.25) is 0 Å². The van der Waals surface area contributed by atoms with Crippen molar-refractivity contribution in [2.75, 3.05) is 12.3 Å². The molecule has 1 aromatic carbocycles. The molecular formula is C12H16N4O2S. The third-order valence-electron chi connectivity index (χ3n) is 2.61. The van der Waals surface area contributed by atoms with E-state index in [0.717, 1.165) is 5.56 Å². The molecule has 7 heteroatoms. The predicted octanol–water partition coefficient (Wildman–Crippen LogP) is 1.06. The van der Waals surface area contributed by atoms with Crippen molar-refractivity contribution in [1.82, 2.24) is 14.5 Å². The van der Waals surface area contributed by atoms with Gasteiger partial charge in [-0.25, -0.2) is 17.8 Å². The quantitative estimate of drug-likeness (QED) is 0.819. The largest absolute Gasteiger partial charge is 0.397 e. The summed E-state index contributed by atoms with van der Waals surface area (Å²) < 4.78 is 27.9. The number of nitrogen functional groups attached to an aromatic ring is 1. The van der Waals surface area contributed by atoms with Crippen molar-refractivity contribution < 1.29 is 8.42 Å². The van der Waals surface area contributed by atoms with Gasteiger partial charge < -0.3 is 5.73 Å². The van der Waals surface area contributed by atoms with Gasteiger partial charge in [0, 0.05) is 12.7 Å². The number of aryl methyl sites for hydroxylation is 1. The SMILES string of the molecule is CCNS(=O)(=O)c1ccc(N)c(-n2cc(C)cn2)c1. The molecule has 1 aromatic heterocycles. The van der Waals surface area contributed by atoms with Gasteiger partial charge in [0.15, 0.2) is 0 Å². The van der Waals surface area contributed by atoms with Crippen molar-refractivity contribution >= 4 is 15.7 Å². The van der Waals surface area contributed by atoms with E-state index in [4.69, 9.17) is 5.73 Å². The highest BCUT2D eigenvalue weighted by molar-refractivity contribution is 7.89. The van der Waals surface area contributed by atoms with Crippen molar-refractivity contribution in [3.63, 3.8) is 0 Å². The third kappa shape index (κ3) is 2.77.